The number of thioether (sulfide) groups is 1. The quantitative estimate of drug-likeness (QED) is 0.481. The second-order valence-electron chi connectivity index (χ2n) is 9.63. The Kier molecular flexibility index (Phi) is 7.24. The average molecular weight is 364 g/mol. The van der Waals surface area contributed by atoms with Gasteiger partial charge in [-0.1, -0.05) is 60.6 Å². The molecule has 0 fully saturated rings. The molecule has 0 aromatic heterocycles. The lowest BCUT2D eigenvalue weighted by atomic mass is 9.61. The minimum atomic E-state index is -0.0638. The maximum atomic E-state index is 5.18. The van der Waals surface area contributed by atoms with Gasteiger partial charge in [0.15, 0.2) is 0 Å². The molecule has 0 saturated heterocycles. The van der Waals surface area contributed by atoms with Crippen molar-refractivity contribution >= 4 is 17.5 Å². The highest BCUT2D eigenvalue weighted by Gasteiger charge is 2.46. The molecular formula is C23H41NS. The number of dihydropyridines is 1. The number of rotatable bonds is 6. The van der Waals surface area contributed by atoms with E-state index < -0.39 is 0 Å². The molecule has 1 aliphatic heterocycles. The van der Waals surface area contributed by atoms with Gasteiger partial charge >= 0.3 is 0 Å². The van der Waals surface area contributed by atoms with Gasteiger partial charge in [0.25, 0.3) is 0 Å². The van der Waals surface area contributed by atoms with Gasteiger partial charge in [-0.3, -0.25) is 4.99 Å². The molecule has 0 amide bonds. The van der Waals surface area contributed by atoms with Crippen LogP contribution in [0.4, 0.5) is 0 Å². The largest absolute Gasteiger partial charge is 0.283 e. The van der Waals surface area contributed by atoms with Gasteiger partial charge in [-0.15, -0.1) is 0 Å². The first-order valence-electron chi connectivity index (χ1n) is 9.86. The summed E-state index contributed by atoms with van der Waals surface area (Å²) in [5.41, 5.74) is 4.61. The minimum Gasteiger partial charge on any atom is -0.283 e. The fraction of sp³-hybridized carbons (Fsp3) is 0.783. The summed E-state index contributed by atoms with van der Waals surface area (Å²) in [4.78, 5) is 5.18. The Morgan fingerprint density at radius 1 is 1.16 bits per heavy atom. The molecule has 1 aliphatic rings. The third kappa shape index (κ3) is 4.81. The van der Waals surface area contributed by atoms with Gasteiger partial charge in [-0.2, -0.15) is 11.8 Å². The van der Waals surface area contributed by atoms with Crippen LogP contribution in [0.3, 0.4) is 0 Å². The summed E-state index contributed by atoms with van der Waals surface area (Å²) in [7, 11) is 0. The smallest absolute Gasteiger partial charge is 0.0648 e. The van der Waals surface area contributed by atoms with E-state index in [9.17, 15) is 0 Å². The lowest BCUT2D eigenvalue weighted by Gasteiger charge is -2.48. The molecule has 0 saturated carbocycles. The first kappa shape index (κ1) is 22.5. The molecule has 0 aliphatic carbocycles. The van der Waals surface area contributed by atoms with E-state index in [-0.39, 0.29) is 11.0 Å². The van der Waals surface area contributed by atoms with Crippen LogP contribution in [0.1, 0.15) is 82.6 Å². The van der Waals surface area contributed by atoms with E-state index in [4.69, 9.17) is 4.99 Å². The third-order valence-corrected chi connectivity index (χ3v) is 8.02. The highest BCUT2D eigenvalue weighted by molar-refractivity contribution is 7.99. The van der Waals surface area contributed by atoms with Crippen LogP contribution in [0, 0.1) is 16.7 Å². The molecule has 2 unspecified atom stereocenters. The van der Waals surface area contributed by atoms with E-state index in [0.29, 0.717) is 16.6 Å². The van der Waals surface area contributed by atoms with Crippen molar-refractivity contribution in [3.63, 3.8) is 0 Å². The molecule has 0 bridgehead atoms. The van der Waals surface area contributed by atoms with E-state index in [0.717, 1.165) is 6.42 Å². The van der Waals surface area contributed by atoms with Crippen molar-refractivity contribution in [2.24, 2.45) is 21.7 Å². The summed E-state index contributed by atoms with van der Waals surface area (Å²) in [6.45, 7) is 25.4. The topological polar surface area (TPSA) is 12.4 Å². The first-order chi connectivity index (χ1) is 11.3. The van der Waals surface area contributed by atoms with Crippen molar-refractivity contribution in [2.45, 2.75) is 93.4 Å². The standard InChI is InChI=1S/C23H41NS/c1-12-14-19-20(16(3)18(5)25-15-21(6,7)8)17(4)24-22(9,10)23(19,11)13-2/h12,14,16,18H,13,15H2,1-11H3/b14-12-/t16?,18-,23?/m0/s1. The van der Waals surface area contributed by atoms with Gasteiger partial charge in [0.2, 0.25) is 0 Å². The van der Waals surface area contributed by atoms with Crippen LogP contribution in [0.25, 0.3) is 0 Å². The van der Waals surface area contributed by atoms with Crippen LogP contribution in [0.5, 0.6) is 0 Å². The Balaban J connectivity index is 3.36. The van der Waals surface area contributed by atoms with E-state index in [1.165, 1.54) is 22.6 Å². The van der Waals surface area contributed by atoms with Crippen molar-refractivity contribution in [2.75, 3.05) is 5.75 Å². The van der Waals surface area contributed by atoms with Gasteiger partial charge in [-0.25, -0.2) is 0 Å². The summed E-state index contributed by atoms with van der Waals surface area (Å²) in [6, 6.07) is 0. The number of allylic oxidation sites excluding steroid dienone is 3. The van der Waals surface area contributed by atoms with E-state index in [2.05, 4.69) is 100 Å². The number of aliphatic imine (C=N–C) groups is 1. The molecule has 1 heterocycles. The van der Waals surface area contributed by atoms with Crippen molar-refractivity contribution in [3.05, 3.63) is 23.3 Å². The molecule has 0 radical (unpaired) electrons. The molecule has 3 atom stereocenters. The SMILES string of the molecule is C/C=C\C1=C(C(C)[C@H](C)SCC(C)(C)C)C(C)=NC(C)(C)C1(C)CC. The van der Waals surface area contributed by atoms with Gasteiger partial charge in [0.05, 0.1) is 5.54 Å². The zero-order valence-electron chi connectivity index (χ0n) is 18.6. The fourth-order valence-corrected chi connectivity index (χ4v) is 5.01. The Bertz CT molecular complexity index is 559. The number of hydrogen-bond acceptors (Lipinski definition) is 2. The van der Waals surface area contributed by atoms with Gasteiger partial charge in [-0.05, 0) is 62.3 Å². The normalized spacial score (nSPS) is 26.8. The molecule has 0 N–H and O–H groups in total. The first-order valence-corrected chi connectivity index (χ1v) is 10.9. The van der Waals surface area contributed by atoms with E-state index in [1.807, 2.05) is 0 Å². The maximum absolute atomic E-state index is 5.18. The summed E-state index contributed by atoms with van der Waals surface area (Å²) in [5.74, 6) is 1.70. The van der Waals surface area contributed by atoms with Crippen LogP contribution in [0.15, 0.2) is 28.3 Å². The van der Waals surface area contributed by atoms with Crippen LogP contribution >= 0.6 is 11.8 Å². The zero-order chi connectivity index (χ0) is 19.6. The average Bonchev–Trinajstić information content (AvgIpc) is 2.48. The molecule has 1 rings (SSSR count). The summed E-state index contributed by atoms with van der Waals surface area (Å²) in [5, 5.41) is 0.585. The van der Waals surface area contributed by atoms with Crippen molar-refractivity contribution in [1.29, 1.82) is 0 Å². The molecule has 144 valence electrons. The fourth-order valence-electron chi connectivity index (χ4n) is 3.82. The summed E-state index contributed by atoms with van der Waals surface area (Å²) >= 11 is 2.10. The second-order valence-corrected chi connectivity index (χ2v) is 11.0. The van der Waals surface area contributed by atoms with E-state index >= 15 is 0 Å². The van der Waals surface area contributed by atoms with Crippen molar-refractivity contribution in [1.82, 2.24) is 0 Å². The van der Waals surface area contributed by atoms with Crippen LogP contribution in [-0.2, 0) is 0 Å². The van der Waals surface area contributed by atoms with Crippen molar-refractivity contribution < 1.29 is 0 Å². The van der Waals surface area contributed by atoms with E-state index in [1.54, 1.807) is 0 Å². The van der Waals surface area contributed by atoms with Gasteiger partial charge in [0.1, 0.15) is 0 Å². The summed E-state index contributed by atoms with van der Waals surface area (Å²) in [6.07, 6.45) is 5.67. The molecule has 25 heavy (non-hydrogen) atoms. The highest BCUT2D eigenvalue weighted by Crippen LogP contribution is 2.50. The predicted molar refractivity (Wildman–Crippen MR) is 118 cm³/mol. The number of hydrogen-bond donors (Lipinski definition) is 0. The zero-order valence-corrected chi connectivity index (χ0v) is 19.4. The van der Waals surface area contributed by atoms with Gasteiger partial charge < -0.3 is 0 Å². The summed E-state index contributed by atoms with van der Waals surface area (Å²) < 4.78 is 0. The highest BCUT2D eigenvalue weighted by atomic mass is 32.2. The van der Waals surface area contributed by atoms with Crippen LogP contribution in [0.2, 0.25) is 0 Å². The predicted octanol–water partition coefficient (Wildman–Crippen LogP) is 7.33. The monoisotopic (exact) mass is 363 g/mol. The maximum Gasteiger partial charge on any atom is 0.0648 e. The van der Waals surface area contributed by atoms with Crippen molar-refractivity contribution in [3.8, 4) is 0 Å². The molecule has 0 aromatic carbocycles. The number of nitrogens with zero attached hydrogens (tertiary/aromatic N) is 1. The molecule has 0 aromatic rings. The lowest BCUT2D eigenvalue weighted by molar-refractivity contribution is 0.217. The Morgan fingerprint density at radius 3 is 2.16 bits per heavy atom. The Morgan fingerprint density at radius 2 is 1.72 bits per heavy atom. The third-order valence-electron chi connectivity index (χ3n) is 6.05. The van der Waals surface area contributed by atoms with Crippen LogP contribution < -0.4 is 0 Å². The van der Waals surface area contributed by atoms with Gasteiger partial charge in [0, 0.05) is 16.4 Å². The molecule has 2 heteroatoms. The second kappa shape index (κ2) is 8.03. The molecule has 1 nitrogen and oxygen atoms in total. The lowest BCUT2D eigenvalue weighted by Crippen LogP contribution is -2.46. The minimum absolute atomic E-state index is 0.0638. The Labute approximate surface area is 161 Å². The van der Waals surface area contributed by atoms with Crippen LogP contribution in [-0.4, -0.2) is 22.3 Å². The Hall–Kier alpha value is -0.500. The molecular weight excluding hydrogens is 322 g/mol. The molecule has 0 spiro atoms.